The zero-order valence-corrected chi connectivity index (χ0v) is 13.4. The Morgan fingerprint density at radius 3 is 2.75 bits per heavy atom. The van der Waals surface area contributed by atoms with E-state index in [2.05, 4.69) is 10.4 Å². The second-order valence-corrected chi connectivity index (χ2v) is 5.51. The minimum atomic E-state index is -0.757. The monoisotopic (exact) mass is 323 g/mol. The topological polar surface area (TPSA) is 77.1 Å². The van der Waals surface area contributed by atoms with E-state index in [1.165, 1.54) is 12.3 Å². The first kappa shape index (κ1) is 15.7. The van der Waals surface area contributed by atoms with Gasteiger partial charge in [-0.1, -0.05) is 12.1 Å². The van der Waals surface area contributed by atoms with Crippen LogP contribution in [0.1, 0.15) is 18.5 Å². The summed E-state index contributed by atoms with van der Waals surface area (Å²) in [7, 11) is 0. The Morgan fingerprint density at radius 1 is 1.21 bits per heavy atom. The van der Waals surface area contributed by atoms with Gasteiger partial charge in [0.1, 0.15) is 11.7 Å². The Balaban J connectivity index is 1.86. The second-order valence-electron chi connectivity index (χ2n) is 5.51. The van der Waals surface area contributed by atoms with Crippen LogP contribution in [0.2, 0.25) is 0 Å². The van der Waals surface area contributed by atoms with E-state index in [0.29, 0.717) is 17.1 Å². The van der Waals surface area contributed by atoms with Crippen molar-refractivity contribution in [3.05, 3.63) is 70.7 Å². The molecule has 0 aliphatic carbocycles. The van der Waals surface area contributed by atoms with Gasteiger partial charge in [-0.25, -0.2) is 4.68 Å². The summed E-state index contributed by atoms with van der Waals surface area (Å²) in [6.07, 6.45) is 1.53. The second kappa shape index (κ2) is 6.54. The largest absolute Gasteiger partial charge is 0.463 e. The van der Waals surface area contributed by atoms with Gasteiger partial charge in [-0.15, -0.1) is 0 Å². The molecule has 0 bridgehead atoms. The molecular weight excluding hydrogens is 306 g/mol. The number of hydrogen-bond acceptors (Lipinski definition) is 4. The highest BCUT2D eigenvalue weighted by Gasteiger charge is 2.18. The summed E-state index contributed by atoms with van der Waals surface area (Å²) in [6, 6.07) is 13.1. The zero-order chi connectivity index (χ0) is 17.1. The van der Waals surface area contributed by atoms with E-state index in [0.717, 1.165) is 10.2 Å². The summed E-state index contributed by atoms with van der Waals surface area (Å²) in [5.74, 6) is 0.224. The predicted octanol–water partition coefficient (Wildman–Crippen LogP) is 3.01. The van der Waals surface area contributed by atoms with Crippen LogP contribution in [0.25, 0.3) is 11.5 Å². The number of amides is 1. The molecule has 1 aromatic carbocycles. The van der Waals surface area contributed by atoms with Crippen molar-refractivity contribution in [1.29, 1.82) is 0 Å². The fourth-order valence-corrected chi connectivity index (χ4v) is 2.34. The fourth-order valence-electron chi connectivity index (χ4n) is 2.34. The van der Waals surface area contributed by atoms with E-state index < -0.39 is 6.04 Å². The quantitative estimate of drug-likeness (QED) is 0.800. The zero-order valence-electron chi connectivity index (χ0n) is 13.4. The molecule has 0 saturated carbocycles. The minimum Gasteiger partial charge on any atom is -0.463 e. The molecule has 0 fully saturated rings. The average Bonchev–Trinajstić information content (AvgIpc) is 3.09. The average molecular weight is 323 g/mol. The maximum atomic E-state index is 12.4. The van der Waals surface area contributed by atoms with Gasteiger partial charge in [0.15, 0.2) is 5.76 Å². The van der Waals surface area contributed by atoms with Crippen LogP contribution in [0.5, 0.6) is 0 Å². The molecule has 1 amide bonds. The maximum absolute atomic E-state index is 12.4. The van der Waals surface area contributed by atoms with E-state index in [1.807, 2.05) is 25.1 Å². The van der Waals surface area contributed by atoms with E-state index in [1.54, 1.807) is 31.2 Å². The molecule has 122 valence electrons. The molecule has 0 saturated heterocycles. The van der Waals surface area contributed by atoms with Crippen molar-refractivity contribution < 1.29 is 9.21 Å². The smallest absolute Gasteiger partial charge is 0.267 e. The van der Waals surface area contributed by atoms with Crippen LogP contribution in [0.3, 0.4) is 0 Å². The van der Waals surface area contributed by atoms with Gasteiger partial charge in [-0.3, -0.25) is 9.59 Å². The summed E-state index contributed by atoms with van der Waals surface area (Å²) in [6.45, 7) is 3.57. The first-order valence-electron chi connectivity index (χ1n) is 7.56. The summed E-state index contributed by atoms with van der Waals surface area (Å²) in [5.41, 5.74) is 1.87. The van der Waals surface area contributed by atoms with Crippen molar-refractivity contribution in [2.24, 2.45) is 0 Å². The number of carbonyl (C=O) groups excluding carboxylic acids is 1. The molecule has 0 radical (unpaired) electrons. The number of carbonyl (C=O) groups is 1. The molecule has 2 aromatic heterocycles. The van der Waals surface area contributed by atoms with Gasteiger partial charge in [-0.05, 0) is 49.7 Å². The lowest BCUT2D eigenvalue weighted by Gasteiger charge is -2.14. The van der Waals surface area contributed by atoms with Gasteiger partial charge < -0.3 is 9.73 Å². The number of nitrogens with one attached hydrogen (secondary N) is 1. The number of benzene rings is 1. The third kappa shape index (κ3) is 3.27. The van der Waals surface area contributed by atoms with Crippen molar-refractivity contribution in [3.63, 3.8) is 0 Å². The molecule has 1 atom stereocenters. The number of furan rings is 1. The Morgan fingerprint density at radius 2 is 2.04 bits per heavy atom. The van der Waals surface area contributed by atoms with Crippen molar-refractivity contribution in [2.75, 3.05) is 5.32 Å². The standard InChI is InChI=1S/C18H17N3O3/c1-12-5-3-6-14(11-12)19-18(23)13(2)21-17(22)9-8-15(20-21)16-7-4-10-24-16/h3-11,13H,1-2H3,(H,19,23). The van der Waals surface area contributed by atoms with Crippen molar-refractivity contribution >= 4 is 11.6 Å². The van der Waals surface area contributed by atoms with Crippen LogP contribution < -0.4 is 10.9 Å². The summed E-state index contributed by atoms with van der Waals surface area (Å²) < 4.78 is 6.44. The SMILES string of the molecule is Cc1cccc(NC(=O)C(C)n2nc(-c3ccco3)ccc2=O)c1. The van der Waals surface area contributed by atoms with Gasteiger partial charge in [0, 0.05) is 11.8 Å². The normalized spacial score (nSPS) is 11.9. The van der Waals surface area contributed by atoms with E-state index in [4.69, 9.17) is 4.42 Å². The molecule has 1 unspecified atom stereocenters. The Hall–Kier alpha value is -3.15. The van der Waals surface area contributed by atoms with Crippen molar-refractivity contribution in [2.45, 2.75) is 19.9 Å². The van der Waals surface area contributed by atoms with Crippen LogP contribution in [0, 0.1) is 6.92 Å². The van der Waals surface area contributed by atoms with Crippen LogP contribution >= 0.6 is 0 Å². The molecule has 24 heavy (non-hydrogen) atoms. The minimum absolute atomic E-state index is 0.313. The summed E-state index contributed by atoms with van der Waals surface area (Å²) >= 11 is 0. The van der Waals surface area contributed by atoms with E-state index in [-0.39, 0.29) is 11.5 Å². The third-order valence-electron chi connectivity index (χ3n) is 3.63. The van der Waals surface area contributed by atoms with Gasteiger partial charge in [0.2, 0.25) is 5.91 Å². The number of hydrogen-bond donors (Lipinski definition) is 1. The van der Waals surface area contributed by atoms with Crippen molar-refractivity contribution in [3.8, 4) is 11.5 Å². The van der Waals surface area contributed by atoms with Gasteiger partial charge in [0.05, 0.1) is 6.26 Å². The first-order valence-corrected chi connectivity index (χ1v) is 7.56. The lowest BCUT2D eigenvalue weighted by molar-refractivity contribution is -0.119. The summed E-state index contributed by atoms with van der Waals surface area (Å²) in [5, 5.41) is 7.04. The highest BCUT2D eigenvalue weighted by molar-refractivity contribution is 5.93. The molecule has 0 spiro atoms. The number of aromatic nitrogens is 2. The lowest BCUT2D eigenvalue weighted by atomic mass is 10.2. The van der Waals surface area contributed by atoms with Gasteiger partial charge in [0.25, 0.3) is 5.56 Å². The third-order valence-corrected chi connectivity index (χ3v) is 3.63. The Kier molecular flexibility index (Phi) is 4.29. The van der Waals surface area contributed by atoms with Crippen LogP contribution in [-0.2, 0) is 4.79 Å². The Bertz CT molecular complexity index is 913. The van der Waals surface area contributed by atoms with Gasteiger partial charge >= 0.3 is 0 Å². The highest BCUT2D eigenvalue weighted by atomic mass is 16.3. The van der Waals surface area contributed by atoms with Gasteiger partial charge in [-0.2, -0.15) is 5.10 Å². The molecule has 6 heteroatoms. The number of rotatable bonds is 4. The molecular formula is C18H17N3O3. The molecule has 0 aliphatic rings. The number of anilines is 1. The Labute approximate surface area is 138 Å². The van der Waals surface area contributed by atoms with E-state index >= 15 is 0 Å². The molecule has 2 heterocycles. The van der Waals surface area contributed by atoms with Crippen LogP contribution in [-0.4, -0.2) is 15.7 Å². The van der Waals surface area contributed by atoms with Crippen LogP contribution in [0.4, 0.5) is 5.69 Å². The number of nitrogens with zero attached hydrogens (tertiary/aromatic N) is 2. The number of aryl methyl sites for hydroxylation is 1. The van der Waals surface area contributed by atoms with E-state index in [9.17, 15) is 9.59 Å². The van der Waals surface area contributed by atoms with Crippen LogP contribution in [0.15, 0.2) is 64.0 Å². The molecule has 3 rings (SSSR count). The predicted molar refractivity (Wildman–Crippen MR) is 90.7 cm³/mol. The molecule has 6 nitrogen and oxygen atoms in total. The highest BCUT2D eigenvalue weighted by Crippen LogP contribution is 2.17. The molecule has 0 aliphatic heterocycles. The summed E-state index contributed by atoms with van der Waals surface area (Å²) in [4.78, 5) is 24.5. The molecule has 1 N–H and O–H groups in total. The van der Waals surface area contributed by atoms with Crippen molar-refractivity contribution in [1.82, 2.24) is 9.78 Å². The first-order chi connectivity index (χ1) is 11.5. The maximum Gasteiger partial charge on any atom is 0.267 e. The lowest BCUT2D eigenvalue weighted by Crippen LogP contribution is -2.33. The molecule has 3 aromatic rings. The fraction of sp³-hybridized carbons (Fsp3) is 0.167.